The van der Waals surface area contributed by atoms with E-state index in [0.717, 1.165) is 0 Å². The van der Waals surface area contributed by atoms with E-state index in [-0.39, 0.29) is 0 Å². The Hall–Kier alpha value is -1.10. The van der Waals surface area contributed by atoms with E-state index in [1.54, 1.807) is 0 Å². The van der Waals surface area contributed by atoms with Crippen LogP contribution in [0.2, 0.25) is 0 Å². The van der Waals surface area contributed by atoms with Crippen LogP contribution in [-0.4, -0.2) is 17.6 Å². The molecule has 0 radical (unpaired) electrons. The number of alkyl halides is 4. The summed E-state index contributed by atoms with van der Waals surface area (Å²) in [6.45, 7) is 0. The molecule has 1 N–H and O–H groups in total. The van der Waals surface area contributed by atoms with Crippen molar-refractivity contribution in [3.8, 4) is 0 Å². The van der Waals surface area contributed by atoms with E-state index in [2.05, 4.69) is 0 Å². The summed E-state index contributed by atoms with van der Waals surface area (Å²) >= 11 is 0. The van der Waals surface area contributed by atoms with Crippen LogP contribution >= 0.6 is 0 Å². The highest BCUT2D eigenvalue weighted by Gasteiger charge is 2.38. The van der Waals surface area contributed by atoms with Crippen molar-refractivity contribution >= 4 is 0 Å². The minimum atomic E-state index is -5.11. The normalized spacial score (nSPS) is 12.7. The van der Waals surface area contributed by atoms with Crippen LogP contribution in [0.5, 0.6) is 0 Å². The first kappa shape index (κ1) is 11.9. The lowest BCUT2D eigenvalue weighted by atomic mass is 10.4. The van der Waals surface area contributed by atoms with Gasteiger partial charge in [0.05, 0.1) is 0 Å². The van der Waals surface area contributed by atoms with Crippen molar-refractivity contribution in [2.45, 2.75) is 12.5 Å². The molecule has 13 heavy (non-hydrogen) atoms. The van der Waals surface area contributed by atoms with Crippen molar-refractivity contribution < 1.29 is 22.7 Å². The third kappa shape index (κ3) is 7.27. The van der Waals surface area contributed by atoms with Gasteiger partial charge in [-0.15, -0.1) is 0 Å². The van der Waals surface area contributed by atoms with Crippen LogP contribution in [0.3, 0.4) is 0 Å². The summed E-state index contributed by atoms with van der Waals surface area (Å²) in [4.78, 5) is 0. The first-order valence-corrected chi connectivity index (χ1v) is 3.33. The Morgan fingerprint density at radius 1 is 0.846 bits per heavy atom. The fraction of sp³-hybridized carbons (Fsp3) is 0.250. The summed E-state index contributed by atoms with van der Waals surface area (Å²) in [5.41, 5.74) is 0. The molecule has 0 aromatic heterocycles. The van der Waals surface area contributed by atoms with Crippen LogP contribution < -0.4 is 0 Å². The zero-order valence-electron chi connectivity index (χ0n) is 6.50. The largest absolute Gasteiger partial charge is 0.444 e. The Bertz CT molecular complexity index is 180. The van der Waals surface area contributed by atoms with Gasteiger partial charge in [0.2, 0.25) is 0 Å². The van der Waals surface area contributed by atoms with Gasteiger partial charge < -0.3 is 5.11 Å². The molecular weight excluding hydrogens is 188 g/mol. The summed E-state index contributed by atoms with van der Waals surface area (Å²) in [6.07, 6.45) is -8.81. The van der Waals surface area contributed by atoms with Crippen molar-refractivity contribution in [2.24, 2.45) is 0 Å². The molecule has 0 aliphatic rings. The Morgan fingerprint density at radius 3 is 1.08 bits per heavy atom. The van der Waals surface area contributed by atoms with E-state index >= 15 is 0 Å². The second-order valence-electron chi connectivity index (χ2n) is 2.03. The number of aliphatic hydroxyl groups is 1. The van der Waals surface area contributed by atoms with Gasteiger partial charge in [-0.25, -0.2) is 4.39 Å². The SMILES string of the molecule is OC(F)C(F)(F)F.c1ccccc1. The predicted octanol–water partition coefficient (Wildman–Crippen LogP) is 2.52. The van der Waals surface area contributed by atoms with Crippen molar-refractivity contribution in [3.63, 3.8) is 0 Å². The summed E-state index contributed by atoms with van der Waals surface area (Å²) < 4.78 is 42.3. The maximum Gasteiger partial charge on any atom is 0.444 e. The van der Waals surface area contributed by atoms with E-state index < -0.39 is 12.5 Å². The highest BCUT2D eigenvalue weighted by atomic mass is 19.4. The zero-order chi connectivity index (χ0) is 10.3. The smallest absolute Gasteiger partial charge is 0.357 e. The maximum absolute atomic E-state index is 10.6. The molecule has 0 amide bonds. The van der Waals surface area contributed by atoms with Crippen LogP contribution in [0.15, 0.2) is 36.4 Å². The first-order valence-electron chi connectivity index (χ1n) is 3.33. The average Bonchev–Trinajstić information content (AvgIpc) is 2.07. The lowest BCUT2D eigenvalue weighted by molar-refractivity contribution is -0.246. The van der Waals surface area contributed by atoms with E-state index in [1.807, 2.05) is 36.4 Å². The third-order valence-corrected chi connectivity index (χ3v) is 0.937. The van der Waals surface area contributed by atoms with E-state index in [9.17, 15) is 17.6 Å². The maximum atomic E-state index is 10.6. The summed E-state index contributed by atoms with van der Waals surface area (Å²) in [7, 11) is 0. The van der Waals surface area contributed by atoms with Crippen molar-refractivity contribution in [2.75, 3.05) is 0 Å². The molecule has 5 heteroatoms. The molecule has 1 nitrogen and oxygen atoms in total. The molecule has 1 aromatic rings. The molecule has 0 heterocycles. The Labute approximate surface area is 72.6 Å². The number of hydrogen-bond acceptors (Lipinski definition) is 1. The standard InChI is InChI=1S/C6H6.C2H2F4O/c1-2-4-6-5-3-1;3-1(7)2(4,5)6/h1-6H;1,7H. The van der Waals surface area contributed by atoms with Gasteiger partial charge in [0.15, 0.2) is 0 Å². The number of hydrogen-bond donors (Lipinski definition) is 1. The van der Waals surface area contributed by atoms with Crippen molar-refractivity contribution in [3.05, 3.63) is 36.4 Å². The molecule has 1 atom stereocenters. The van der Waals surface area contributed by atoms with Gasteiger partial charge >= 0.3 is 6.18 Å². The predicted molar refractivity (Wildman–Crippen MR) is 39.6 cm³/mol. The molecule has 1 aromatic carbocycles. The number of aliphatic hydroxyl groups excluding tert-OH is 1. The molecule has 0 aliphatic heterocycles. The highest BCUT2D eigenvalue weighted by Crippen LogP contribution is 2.19. The van der Waals surface area contributed by atoms with Crippen molar-refractivity contribution in [1.29, 1.82) is 0 Å². The van der Waals surface area contributed by atoms with E-state index in [1.165, 1.54) is 0 Å². The fourth-order valence-corrected chi connectivity index (χ4v) is 0.385. The molecule has 0 bridgehead atoms. The second-order valence-corrected chi connectivity index (χ2v) is 2.03. The zero-order valence-corrected chi connectivity index (χ0v) is 6.50. The second kappa shape index (κ2) is 5.53. The lowest BCUT2D eigenvalue weighted by Crippen LogP contribution is -2.22. The van der Waals surface area contributed by atoms with Crippen LogP contribution in [0.1, 0.15) is 0 Å². The van der Waals surface area contributed by atoms with Crippen molar-refractivity contribution in [1.82, 2.24) is 0 Å². The van der Waals surface area contributed by atoms with Gasteiger partial charge in [-0.2, -0.15) is 13.2 Å². The first-order chi connectivity index (χ1) is 5.94. The van der Waals surface area contributed by atoms with Gasteiger partial charge in [0, 0.05) is 0 Å². The molecule has 74 valence electrons. The number of halogens is 4. The molecule has 0 saturated heterocycles. The summed E-state index contributed by atoms with van der Waals surface area (Å²) in [6, 6.07) is 12.0. The Morgan fingerprint density at radius 2 is 1.00 bits per heavy atom. The van der Waals surface area contributed by atoms with Gasteiger partial charge in [-0.3, -0.25) is 0 Å². The van der Waals surface area contributed by atoms with Crippen LogP contribution in [-0.2, 0) is 0 Å². The Kier molecular flexibility index (Phi) is 5.06. The van der Waals surface area contributed by atoms with Crippen LogP contribution in [0.25, 0.3) is 0 Å². The van der Waals surface area contributed by atoms with Crippen LogP contribution in [0.4, 0.5) is 17.6 Å². The molecule has 1 rings (SSSR count). The average molecular weight is 196 g/mol. The summed E-state index contributed by atoms with van der Waals surface area (Å²) in [5, 5.41) is 7.10. The molecule has 0 fully saturated rings. The minimum absolute atomic E-state index is 2.00. The van der Waals surface area contributed by atoms with E-state index in [0.29, 0.717) is 0 Å². The number of benzene rings is 1. The summed E-state index contributed by atoms with van der Waals surface area (Å²) in [5.74, 6) is 0. The minimum Gasteiger partial charge on any atom is -0.357 e. The molecule has 0 saturated carbocycles. The monoisotopic (exact) mass is 196 g/mol. The highest BCUT2D eigenvalue weighted by molar-refractivity contribution is 4.99. The van der Waals surface area contributed by atoms with Gasteiger partial charge in [-0.1, -0.05) is 36.4 Å². The van der Waals surface area contributed by atoms with Gasteiger partial charge in [0.1, 0.15) is 0 Å². The van der Waals surface area contributed by atoms with Gasteiger partial charge in [0.25, 0.3) is 6.36 Å². The topological polar surface area (TPSA) is 20.2 Å². The molecule has 0 spiro atoms. The Balaban J connectivity index is 0.000000223. The fourth-order valence-electron chi connectivity index (χ4n) is 0.385. The van der Waals surface area contributed by atoms with Gasteiger partial charge in [-0.05, 0) is 0 Å². The van der Waals surface area contributed by atoms with E-state index in [4.69, 9.17) is 5.11 Å². The lowest BCUT2D eigenvalue weighted by Gasteiger charge is -2.02. The molecule has 0 aliphatic carbocycles. The quantitative estimate of drug-likeness (QED) is 0.632. The molecular formula is C8H8F4O. The molecule has 1 unspecified atom stereocenters. The third-order valence-electron chi connectivity index (χ3n) is 0.937. The van der Waals surface area contributed by atoms with Crippen LogP contribution in [0, 0.1) is 0 Å². The number of rotatable bonds is 0.